The van der Waals surface area contributed by atoms with Crippen LogP contribution in [0.25, 0.3) is 20.9 Å². The second-order valence-electron chi connectivity index (χ2n) is 3.70. The monoisotopic (exact) mass is 294 g/mol. The van der Waals surface area contributed by atoms with Gasteiger partial charge in [0.05, 0.1) is 15.1 Å². The number of rotatable bonds is 2. The summed E-state index contributed by atoms with van der Waals surface area (Å²) in [4.78, 5) is 22.1. The number of carbonyl (C=O) groups excluding carboxylic acids is 1. The number of aromatic nitrogens is 2. The van der Waals surface area contributed by atoms with Crippen LogP contribution >= 0.6 is 34.3 Å². The molecule has 0 saturated heterocycles. The second kappa shape index (κ2) is 4.42. The number of aryl methyl sites for hydroxylation is 1. The molecule has 90 valence electrons. The Balaban J connectivity index is 2.31. The van der Waals surface area contributed by atoms with Crippen LogP contribution in [0.2, 0.25) is 5.15 Å². The minimum Gasteiger partial charge on any atom is -0.297 e. The molecule has 0 radical (unpaired) electrons. The van der Waals surface area contributed by atoms with Gasteiger partial charge in [-0.15, -0.1) is 22.7 Å². The first-order valence-corrected chi connectivity index (χ1v) is 7.24. The Labute approximate surface area is 116 Å². The van der Waals surface area contributed by atoms with E-state index in [1.165, 1.54) is 11.3 Å². The van der Waals surface area contributed by atoms with E-state index < -0.39 is 0 Å². The van der Waals surface area contributed by atoms with Crippen LogP contribution in [0.3, 0.4) is 0 Å². The largest absolute Gasteiger partial charge is 0.297 e. The lowest BCUT2D eigenvalue weighted by molar-refractivity contribution is 0.112. The van der Waals surface area contributed by atoms with Gasteiger partial charge < -0.3 is 0 Å². The zero-order valence-corrected chi connectivity index (χ0v) is 11.7. The fourth-order valence-corrected chi connectivity index (χ4v) is 3.76. The van der Waals surface area contributed by atoms with Crippen molar-refractivity contribution >= 4 is 50.8 Å². The van der Waals surface area contributed by atoms with Gasteiger partial charge in [0.2, 0.25) is 0 Å². The Kier molecular flexibility index (Phi) is 2.89. The molecule has 6 heteroatoms. The lowest BCUT2D eigenvalue weighted by Gasteiger charge is -1.99. The fraction of sp³-hybridized carbons (Fsp3) is 0.0833. The maximum atomic E-state index is 10.9. The van der Waals surface area contributed by atoms with Crippen LogP contribution in [-0.4, -0.2) is 16.3 Å². The quantitative estimate of drug-likeness (QED) is 0.525. The Morgan fingerprint density at radius 2 is 2.22 bits per heavy atom. The van der Waals surface area contributed by atoms with Crippen molar-refractivity contribution in [2.24, 2.45) is 0 Å². The molecule has 3 aromatic heterocycles. The highest BCUT2D eigenvalue weighted by Gasteiger charge is 2.15. The van der Waals surface area contributed by atoms with Crippen LogP contribution in [-0.2, 0) is 0 Å². The molecule has 3 heterocycles. The van der Waals surface area contributed by atoms with Crippen molar-refractivity contribution in [3.8, 4) is 10.7 Å². The molecule has 18 heavy (non-hydrogen) atoms. The van der Waals surface area contributed by atoms with Crippen molar-refractivity contribution in [3.05, 3.63) is 33.1 Å². The smallest absolute Gasteiger partial charge is 0.172 e. The number of halogens is 1. The van der Waals surface area contributed by atoms with Crippen LogP contribution in [0.4, 0.5) is 0 Å². The van der Waals surface area contributed by atoms with E-state index in [0.717, 1.165) is 26.9 Å². The van der Waals surface area contributed by atoms with Gasteiger partial charge in [0.25, 0.3) is 0 Å². The number of aldehydes is 1. The summed E-state index contributed by atoms with van der Waals surface area (Å²) in [7, 11) is 0. The Morgan fingerprint density at radius 1 is 1.39 bits per heavy atom. The normalized spacial score (nSPS) is 11.0. The number of nitrogens with zero attached hydrogens (tertiary/aromatic N) is 2. The van der Waals surface area contributed by atoms with E-state index in [9.17, 15) is 4.79 Å². The molecular formula is C12H7ClN2OS2. The summed E-state index contributed by atoms with van der Waals surface area (Å²) in [5.41, 5.74) is 0.854. The van der Waals surface area contributed by atoms with E-state index in [-0.39, 0.29) is 0 Å². The Hall–Kier alpha value is -1.30. The fourth-order valence-electron chi connectivity index (χ4n) is 1.74. The molecule has 0 bridgehead atoms. The number of thiophene rings is 2. The second-order valence-corrected chi connectivity index (χ2v) is 6.04. The standard InChI is InChI=1S/C12H7ClN2OS2/c1-6-8(5-16)18-12-9(6)10(13)14-11(15-12)7-3-2-4-17-7/h2-5H,1H3. The van der Waals surface area contributed by atoms with Crippen LogP contribution in [0, 0.1) is 6.92 Å². The molecule has 3 aromatic rings. The van der Waals surface area contributed by atoms with Gasteiger partial charge in [-0.3, -0.25) is 4.79 Å². The molecule has 0 fully saturated rings. The molecule has 0 aromatic carbocycles. The predicted molar refractivity (Wildman–Crippen MR) is 75.9 cm³/mol. The molecule has 0 aliphatic rings. The molecule has 3 nitrogen and oxygen atoms in total. The summed E-state index contributed by atoms with van der Waals surface area (Å²) in [5.74, 6) is 0.612. The molecule has 0 spiro atoms. The average molecular weight is 295 g/mol. The lowest BCUT2D eigenvalue weighted by atomic mass is 10.2. The highest BCUT2D eigenvalue weighted by Crippen LogP contribution is 2.34. The van der Waals surface area contributed by atoms with Gasteiger partial charge in [-0.25, -0.2) is 9.97 Å². The van der Waals surface area contributed by atoms with Gasteiger partial charge in [-0.2, -0.15) is 0 Å². The predicted octanol–water partition coefficient (Wildman–Crippen LogP) is 4.19. The van der Waals surface area contributed by atoms with E-state index in [4.69, 9.17) is 11.6 Å². The van der Waals surface area contributed by atoms with Crippen molar-refractivity contribution in [1.29, 1.82) is 0 Å². The number of carbonyl (C=O) groups is 1. The lowest BCUT2D eigenvalue weighted by Crippen LogP contribution is -1.88. The molecule has 3 rings (SSSR count). The molecule has 0 aliphatic heterocycles. The topological polar surface area (TPSA) is 42.9 Å². The van der Waals surface area contributed by atoms with Gasteiger partial charge in [-0.1, -0.05) is 17.7 Å². The Bertz CT molecular complexity index is 734. The van der Waals surface area contributed by atoms with Gasteiger partial charge in [0, 0.05) is 0 Å². The molecule has 0 amide bonds. The summed E-state index contributed by atoms with van der Waals surface area (Å²) >= 11 is 9.11. The van der Waals surface area contributed by atoms with E-state index in [0.29, 0.717) is 15.9 Å². The van der Waals surface area contributed by atoms with Gasteiger partial charge >= 0.3 is 0 Å². The van der Waals surface area contributed by atoms with E-state index in [1.54, 1.807) is 11.3 Å². The van der Waals surface area contributed by atoms with Crippen molar-refractivity contribution in [2.45, 2.75) is 6.92 Å². The summed E-state index contributed by atoms with van der Waals surface area (Å²) < 4.78 is 0. The molecular weight excluding hydrogens is 288 g/mol. The van der Waals surface area contributed by atoms with Crippen LogP contribution < -0.4 is 0 Å². The maximum absolute atomic E-state index is 10.9. The van der Waals surface area contributed by atoms with Crippen molar-refractivity contribution in [2.75, 3.05) is 0 Å². The Morgan fingerprint density at radius 3 is 2.89 bits per heavy atom. The molecule has 0 N–H and O–H groups in total. The summed E-state index contributed by atoms with van der Waals surface area (Å²) in [6.07, 6.45) is 0.836. The SMILES string of the molecule is Cc1c(C=O)sc2nc(-c3cccs3)nc(Cl)c12. The van der Waals surface area contributed by atoms with E-state index >= 15 is 0 Å². The number of hydrogen-bond acceptors (Lipinski definition) is 5. The third kappa shape index (κ3) is 1.75. The molecule has 0 aliphatic carbocycles. The minimum atomic E-state index is 0.408. The number of fused-ring (bicyclic) bond motifs is 1. The first-order valence-electron chi connectivity index (χ1n) is 5.16. The number of hydrogen-bond donors (Lipinski definition) is 0. The zero-order valence-electron chi connectivity index (χ0n) is 9.31. The summed E-state index contributed by atoms with van der Waals surface area (Å²) in [6, 6.07) is 3.89. The third-order valence-corrected chi connectivity index (χ3v) is 4.88. The first kappa shape index (κ1) is 11.8. The summed E-state index contributed by atoms with van der Waals surface area (Å²) in [5, 5.41) is 3.15. The molecule has 0 atom stereocenters. The average Bonchev–Trinajstić information content (AvgIpc) is 2.97. The van der Waals surface area contributed by atoms with Gasteiger partial charge in [-0.05, 0) is 23.9 Å². The van der Waals surface area contributed by atoms with E-state index in [2.05, 4.69) is 9.97 Å². The highest BCUT2D eigenvalue weighted by atomic mass is 35.5. The molecule has 0 unspecified atom stereocenters. The van der Waals surface area contributed by atoms with Crippen LogP contribution in [0.15, 0.2) is 17.5 Å². The highest BCUT2D eigenvalue weighted by molar-refractivity contribution is 7.20. The van der Waals surface area contributed by atoms with E-state index in [1.807, 2.05) is 24.4 Å². The first-order chi connectivity index (χ1) is 8.70. The third-order valence-electron chi connectivity index (χ3n) is 2.63. The minimum absolute atomic E-state index is 0.408. The van der Waals surface area contributed by atoms with Gasteiger partial charge in [0.1, 0.15) is 9.98 Å². The van der Waals surface area contributed by atoms with Crippen LogP contribution in [0.5, 0.6) is 0 Å². The van der Waals surface area contributed by atoms with Crippen LogP contribution in [0.1, 0.15) is 15.2 Å². The van der Waals surface area contributed by atoms with Gasteiger partial charge in [0.15, 0.2) is 12.1 Å². The summed E-state index contributed by atoms with van der Waals surface area (Å²) in [6.45, 7) is 1.86. The molecule has 0 saturated carbocycles. The zero-order chi connectivity index (χ0) is 12.7. The van der Waals surface area contributed by atoms with Crippen molar-refractivity contribution in [3.63, 3.8) is 0 Å². The van der Waals surface area contributed by atoms with Crippen molar-refractivity contribution in [1.82, 2.24) is 9.97 Å². The van der Waals surface area contributed by atoms with Crippen molar-refractivity contribution < 1.29 is 4.79 Å². The maximum Gasteiger partial charge on any atom is 0.172 e.